The summed E-state index contributed by atoms with van der Waals surface area (Å²) in [5, 5.41) is 9.07. The average Bonchev–Trinajstić information content (AvgIpc) is 3.33. The molecule has 0 radical (unpaired) electrons. The number of fused-ring (bicyclic) bond motifs is 1. The molecule has 10 nitrogen and oxygen atoms in total. The fourth-order valence-corrected chi connectivity index (χ4v) is 4.11. The first-order valence-corrected chi connectivity index (χ1v) is 13.6. The molecule has 0 fully saturated rings. The molecule has 3 aromatic rings. The van der Waals surface area contributed by atoms with Crippen molar-refractivity contribution in [2.24, 2.45) is 17.8 Å². The molecule has 0 spiro atoms. The molecule has 0 aliphatic carbocycles. The lowest BCUT2D eigenvalue weighted by atomic mass is 9.85. The van der Waals surface area contributed by atoms with E-state index in [1.165, 1.54) is 4.80 Å². The number of ether oxygens (including phenoxy) is 4. The molecule has 3 atom stereocenters. The van der Waals surface area contributed by atoms with E-state index >= 15 is 0 Å². The van der Waals surface area contributed by atoms with Gasteiger partial charge in [0.1, 0.15) is 35.7 Å². The van der Waals surface area contributed by atoms with Gasteiger partial charge in [0.15, 0.2) is 0 Å². The summed E-state index contributed by atoms with van der Waals surface area (Å²) in [6.07, 6.45) is -0.596. The number of aromatic nitrogens is 3. The number of carbonyl (C=O) groups excluding carboxylic acids is 3. The molecule has 0 bridgehead atoms. The standard InChI is InChI=1S/C30H39N3O7/c1-18(2)39-29(35)22(7)23(30(36)40-19(3)4)17-21(6)28(34)38-15-14-37-27-13-12-20(5)16-26(27)33-31-24-10-8-9-11-25(24)32-33/h8-13,16,18-19,21-23H,14-15,17H2,1-7H3. The molecule has 40 heavy (non-hydrogen) atoms. The van der Waals surface area contributed by atoms with Crippen LogP contribution in [-0.2, 0) is 28.6 Å². The van der Waals surface area contributed by atoms with Crippen LogP contribution in [0.15, 0.2) is 42.5 Å². The maximum atomic E-state index is 12.8. The summed E-state index contributed by atoms with van der Waals surface area (Å²) in [6.45, 7) is 12.3. The smallest absolute Gasteiger partial charge is 0.310 e. The Bertz CT molecular complexity index is 1280. The molecule has 0 amide bonds. The van der Waals surface area contributed by atoms with Gasteiger partial charge in [-0.05, 0) is 70.9 Å². The van der Waals surface area contributed by atoms with E-state index in [1.807, 2.05) is 49.4 Å². The summed E-state index contributed by atoms with van der Waals surface area (Å²) in [4.78, 5) is 39.6. The van der Waals surface area contributed by atoms with Crippen LogP contribution in [-0.4, -0.2) is 58.3 Å². The lowest BCUT2D eigenvalue weighted by molar-refractivity contribution is -0.166. The Hall–Kier alpha value is -3.95. The number of hydrogen-bond donors (Lipinski definition) is 0. The average molecular weight is 554 g/mol. The van der Waals surface area contributed by atoms with Crippen molar-refractivity contribution < 1.29 is 33.3 Å². The molecule has 216 valence electrons. The largest absolute Gasteiger partial charge is 0.488 e. The van der Waals surface area contributed by atoms with Crippen molar-refractivity contribution in [3.8, 4) is 11.4 Å². The Kier molecular flexibility index (Phi) is 10.6. The maximum Gasteiger partial charge on any atom is 0.310 e. The van der Waals surface area contributed by atoms with Gasteiger partial charge in [-0.15, -0.1) is 15.0 Å². The van der Waals surface area contributed by atoms with E-state index in [9.17, 15) is 14.4 Å². The third-order valence-electron chi connectivity index (χ3n) is 6.19. The van der Waals surface area contributed by atoms with E-state index < -0.39 is 35.7 Å². The van der Waals surface area contributed by atoms with Crippen molar-refractivity contribution in [2.75, 3.05) is 13.2 Å². The second-order valence-electron chi connectivity index (χ2n) is 10.5. The van der Waals surface area contributed by atoms with Crippen LogP contribution in [0, 0.1) is 24.7 Å². The summed E-state index contributed by atoms with van der Waals surface area (Å²) >= 11 is 0. The lowest BCUT2D eigenvalue weighted by Gasteiger charge is -2.25. The van der Waals surface area contributed by atoms with Crippen molar-refractivity contribution in [3.05, 3.63) is 48.0 Å². The summed E-state index contributed by atoms with van der Waals surface area (Å²) < 4.78 is 22.0. The highest BCUT2D eigenvalue weighted by atomic mass is 16.6. The number of esters is 3. The van der Waals surface area contributed by atoms with E-state index in [0.29, 0.717) is 11.4 Å². The Labute approximate surface area is 234 Å². The minimum atomic E-state index is -0.848. The first-order valence-electron chi connectivity index (χ1n) is 13.6. The molecule has 0 aliphatic rings. The van der Waals surface area contributed by atoms with Gasteiger partial charge < -0.3 is 18.9 Å². The first-order chi connectivity index (χ1) is 19.0. The SMILES string of the molecule is Cc1ccc(OCCOC(=O)C(C)CC(C(=O)OC(C)C)C(C)C(=O)OC(C)C)c(-n2nc3ccccc3n2)c1. The summed E-state index contributed by atoms with van der Waals surface area (Å²) in [5.74, 6) is -3.29. The molecule has 10 heteroatoms. The number of aryl methyl sites for hydroxylation is 1. The van der Waals surface area contributed by atoms with E-state index in [1.54, 1.807) is 41.5 Å². The van der Waals surface area contributed by atoms with Crippen molar-refractivity contribution in [3.63, 3.8) is 0 Å². The molecule has 3 rings (SSSR count). The molecule has 0 N–H and O–H groups in total. The molecule has 0 saturated heterocycles. The molecule has 1 aromatic heterocycles. The van der Waals surface area contributed by atoms with E-state index in [0.717, 1.165) is 16.6 Å². The van der Waals surface area contributed by atoms with Crippen LogP contribution in [0.2, 0.25) is 0 Å². The highest BCUT2D eigenvalue weighted by molar-refractivity contribution is 5.83. The van der Waals surface area contributed by atoms with Crippen molar-refractivity contribution >= 4 is 28.9 Å². The second kappa shape index (κ2) is 13.9. The molecule has 2 aromatic carbocycles. The first kappa shape index (κ1) is 30.6. The quantitative estimate of drug-likeness (QED) is 0.166. The van der Waals surface area contributed by atoms with Gasteiger partial charge in [-0.3, -0.25) is 14.4 Å². The summed E-state index contributed by atoms with van der Waals surface area (Å²) in [7, 11) is 0. The Morgan fingerprint density at radius 2 is 1.40 bits per heavy atom. The topological polar surface area (TPSA) is 119 Å². The molecule has 0 aliphatic heterocycles. The molecular weight excluding hydrogens is 514 g/mol. The van der Waals surface area contributed by atoms with Gasteiger partial charge in [-0.25, -0.2) is 0 Å². The maximum absolute atomic E-state index is 12.8. The van der Waals surface area contributed by atoms with Crippen LogP contribution in [0.4, 0.5) is 0 Å². The van der Waals surface area contributed by atoms with Gasteiger partial charge in [0.05, 0.1) is 30.0 Å². The van der Waals surface area contributed by atoms with Crippen LogP contribution >= 0.6 is 0 Å². The third kappa shape index (κ3) is 8.27. The van der Waals surface area contributed by atoms with Crippen LogP contribution < -0.4 is 4.74 Å². The third-order valence-corrected chi connectivity index (χ3v) is 6.19. The molecule has 1 heterocycles. The summed E-state index contributed by atoms with van der Waals surface area (Å²) in [5.41, 5.74) is 3.21. The van der Waals surface area contributed by atoms with Gasteiger partial charge in [-0.2, -0.15) is 0 Å². The van der Waals surface area contributed by atoms with Crippen molar-refractivity contribution in [1.29, 1.82) is 0 Å². The van der Waals surface area contributed by atoms with Gasteiger partial charge in [-0.1, -0.05) is 32.0 Å². The van der Waals surface area contributed by atoms with E-state index in [2.05, 4.69) is 10.2 Å². The monoisotopic (exact) mass is 553 g/mol. The number of nitrogens with zero attached hydrogens (tertiary/aromatic N) is 3. The minimum absolute atomic E-state index is 0.00292. The van der Waals surface area contributed by atoms with E-state index in [4.69, 9.17) is 18.9 Å². The van der Waals surface area contributed by atoms with Crippen molar-refractivity contribution in [1.82, 2.24) is 15.0 Å². The number of carbonyl (C=O) groups is 3. The Morgan fingerprint density at radius 1 is 0.800 bits per heavy atom. The number of benzene rings is 2. The van der Waals surface area contributed by atoms with Crippen LogP contribution in [0.25, 0.3) is 16.7 Å². The summed E-state index contributed by atoms with van der Waals surface area (Å²) in [6, 6.07) is 13.2. The zero-order chi connectivity index (χ0) is 29.4. The number of rotatable bonds is 13. The van der Waals surface area contributed by atoms with Crippen molar-refractivity contribution in [2.45, 2.75) is 67.1 Å². The number of hydrogen-bond acceptors (Lipinski definition) is 9. The second-order valence-corrected chi connectivity index (χ2v) is 10.5. The molecule has 0 saturated carbocycles. The highest BCUT2D eigenvalue weighted by Crippen LogP contribution is 2.26. The Morgan fingerprint density at radius 3 is 2.00 bits per heavy atom. The molecule has 3 unspecified atom stereocenters. The van der Waals surface area contributed by atoms with Gasteiger partial charge in [0.25, 0.3) is 0 Å². The Balaban J connectivity index is 1.60. The van der Waals surface area contributed by atoms with Crippen LogP contribution in [0.5, 0.6) is 5.75 Å². The van der Waals surface area contributed by atoms with Gasteiger partial charge in [0, 0.05) is 0 Å². The normalized spacial score (nSPS) is 13.6. The fourth-order valence-electron chi connectivity index (χ4n) is 4.11. The predicted molar refractivity (Wildman–Crippen MR) is 149 cm³/mol. The van der Waals surface area contributed by atoms with Gasteiger partial charge >= 0.3 is 17.9 Å². The van der Waals surface area contributed by atoms with Crippen LogP contribution in [0.1, 0.15) is 53.5 Å². The lowest BCUT2D eigenvalue weighted by Crippen LogP contribution is -2.35. The zero-order valence-corrected chi connectivity index (χ0v) is 24.2. The molecular formula is C30H39N3O7. The van der Waals surface area contributed by atoms with Gasteiger partial charge in [0.2, 0.25) is 0 Å². The fraction of sp³-hybridized carbons (Fsp3) is 0.500. The minimum Gasteiger partial charge on any atom is -0.488 e. The van der Waals surface area contributed by atoms with Crippen LogP contribution in [0.3, 0.4) is 0 Å². The van der Waals surface area contributed by atoms with E-state index in [-0.39, 0.29) is 31.8 Å². The predicted octanol–water partition coefficient (Wildman–Crippen LogP) is 4.83. The zero-order valence-electron chi connectivity index (χ0n) is 24.2. The highest BCUT2D eigenvalue weighted by Gasteiger charge is 2.36.